The van der Waals surface area contributed by atoms with Crippen molar-refractivity contribution in [3.63, 3.8) is 0 Å². The molecular formula is C26H30N2O6. The van der Waals surface area contributed by atoms with E-state index in [4.69, 9.17) is 9.47 Å². The number of nitrogens with one attached hydrogen (secondary N) is 1. The largest absolute Gasteiger partial charge is 0.479 e. The van der Waals surface area contributed by atoms with E-state index in [2.05, 4.69) is 17.4 Å². The first-order valence-corrected chi connectivity index (χ1v) is 11.5. The summed E-state index contributed by atoms with van der Waals surface area (Å²) in [6.07, 6.45) is 0.0541. The van der Waals surface area contributed by atoms with Crippen LogP contribution in [0.3, 0.4) is 0 Å². The molecule has 2 N–H and O–H groups in total. The molecule has 2 aliphatic carbocycles. The fourth-order valence-electron chi connectivity index (χ4n) is 4.91. The number of aliphatic carboxylic acids is 1. The molecule has 0 aliphatic heterocycles. The molecule has 0 saturated heterocycles. The standard InChI is InChI=1S/C26H30N2O6/c1-16(33-3)22(23(29)28(2)26(24(30)31)13-8-14-26)27-25(32)34-15-21-19-11-6-4-9-17(19)18-10-5-7-12-20(18)21/h4-7,9-12,16,21-22H,8,13-15H2,1-3H3,(H,27,32)(H,30,31)/t16-,22+/m1/s1. The summed E-state index contributed by atoms with van der Waals surface area (Å²) in [5.41, 5.74) is 3.17. The molecule has 0 heterocycles. The van der Waals surface area contributed by atoms with Gasteiger partial charge in [0.15, 0.2) is 0 Å². The number of nitrogens with zero attached hydrogens (tertiary/aromatic N) is 1. The summed E-state index contributed by atoms with van der Waals surface area (Å²) >= 11 is 0. The van der Waals surface area contributed by atoms with Crippen molar-refractivity contribution < 1.29 is 29.0 Å². The van der Waals surface area contributed by atoms with Crippen LogP contribution in [0.1, 0.15) is 43.2 Å². The summed E-state index contributed by atoms with van der Waals surface area (Å²) in [4.78, 5) is 39.1. The fourth-order valence-corrected chi connectivity index (χ4v) is 4.91. The van der Waals surface area contributed by atoms with Crippen molar-refractivity contribution in [2.75, 3.05) is 20.8 Å². The maximum atomic E-state index is 13.2. The Bertz CT molecular complexity index is 1050. The van der Waals surface area contributed by atoms with Crippen molar-refractivity contribution in [3.05, 3.63) is 59.7 Å². The molecule has 0 aromatic heterocycles. The summed E-state index contributed by atoms with van der Waals surface area (Å²) in [6, 6.07) is 15.0. The lowest BCUT2D eigenvalue weighted by Crippen LogP contribution is -2.64. The summed E-state index contributed by atoms with van der Waals surface area (Å²) < 4.78 is 10.9. The molecule has 0 spiro atoms. The van der Waals surface area contributed by atoms with Crippen molar-refractivity contribution in [1.82, 2.24) is 10.2 Å². The molecule has 4 rings (SSSR count). The molecule has 1 fully saturated rings. The van der Waals surface area contributed by atoms with E-state index in [9.17, 15) is 19.5 Å². The van der Waals surface area contributed by atoms with Crippen molar-refractivity contribution in [1.29, 1.82) is 0 Å². The number of benzene rings is 2. The molecule has 2 aliphatic rings. The molecule has 180 valence electrons. The van der Waals surface area contributed by atoms with Gasteiger partial charge in [-0.25, -0.2) is 9.59 Å². The number of carbonyl (C=O) groups excluding carboxylic acids is 2. The van der Waals surface area contributed by atoms with Gasteiger partial charge >= 0.3 is 12.1 Å². The smallest absolute Gasteiger partial charge is 0.407 e. The Morgan fingerprint density at radius 2 is 1.65 bits per heavy atom. The van der Waals surface area contributed by atoms with Crippen molar-refractivity contribution in [2.24, 2.45) is 0 Å². The van der Waals surface area contributed by atoms with Crippen molar-refractivity contribution in [3.8, 4) is 11.1 Å². The molecule has 0 radical (unpaired) electrons. The quantitative estimate of drug-likeness (QED) is 0.618. The topological polar surface area (TPSA) is 105 Å². The van der Waals surface area contributed by atoms with Crippen LogP contribution in [-0.4, -0.2) is 66.4 Å². The number of fused-ring (bicyclic) bond motifs is 3. The maximum absolute atomic E-state index is 13.2. The van der Waals surface area contributed by atoms with Gasteiger partial charge in [0.1, 0.15) is 18.2 Å². The second kappa shape index (κ2) is 9.46. The van der Waals surface area contributed by atoms with Gasteiger partial charge in [0.05, 0.1) is 6.10 Å². The van der Waals surface area contributed by atoms with Gasteiger partial charge < -0.3 is 24.8 Å². The number of alkyl carbamates (subject to hydrolysis) is 1. The second-order valence-corrected chi connectivity index (χ2v) is 8.98. The van der Waals surface area contributed by atoms with Crippen molar-refractivity contribution in [2.45, 2.75) is 49.8 Å². The van der Waals surface area contributed by atoms with Crippen LogP contribution in [0, 0.1) is 0 Å². The Hall–Kier alpha value is -3.39. The number of carbonyl (C=O) groups is 3. The normalized spacial score (nSPS) is 17.5. The molecule has 2 aromatic rings. The van der Waals surface area contributed by atoms with Gasteiger partial charge in [0.2, 0.25) is 5.91 Å². The van der Waals surface area contributed by atoms with E-state index in [1.807, 2.05) is 36.4 Å². The number of hydrogen-bond acceptors (Lipinski definition) is 5. The number of likely N-dealkylation sites (N-methyl/N-ethyl adjacent to an activating group) is 1. The molecule has 8 heteroatoms. The molecule has 1 saturated carbocycles. The Balaban J connectivity index is 1.46. The third kappa shape index (κ3) is 4.03. The zero-order chi connectivity index (χ0) is 24.5. The molecule has 2 aromatic carbocycles. The summed E-state index contributed by atoms with van der Waals surface area (Å²) in [5.74, 6) is -1.68. The first-order valence-electron chi connectivity index (χ1n) is 11.5. The van der Waals surface area contributed by atoms with Crippen LogP contribution in [-0.2, 0) is 19.1 Å². The van der Waals surface area contributed by atoms with E-state index in [0.717, 1.165) is 28.7 Å². The Morgan fingerprint density at radius 1 is 1.09 bits per heavy atom. The fraction of sp³-hybridized carbons (Fsp3) is 0.423. The second-order valence-electron chi connectivity index (χ2n) is 8.98. The minimum absolute atomic E-state index is 0.108. The number of carboxylic acids is 1. The number of methoxy groups -OCH3 is 1. The van der Waals surface area contributed by atoms with Gasteiger partial charge in [-0.2, -0.15) is 0 Å². The van der Waals surface area contributed by atoms with Crippen LogP contribution < -0.4 is 5.32 Å². The summed E-state index contributed by atoms with van der Waals surface area (Å²) in [6.45, 7) is 1.76. The summed E-state index contributed by atoms with van der Waals surface area (Å²) in [7, 11) is 2.89. The highest BCUT2D eigenvalue weighted by atomic mass is 16.5. The highest BCUT2D eigenvalue weighted by Crippen LogP contribution is 2.44. The van der Waals surface area contributed by atoms with Gasteiger partial charge in [0, 0.05) is 20.1 Å². The Morgan fingerprint density at radius 3 is 2.12 bits per heavy atom. The highest BCUT2D eigenvalue weighted by molar-refractivity contribution is 5.92. The lowest BCUT2D eigenvalue weighted by atomic mass is 9.75. The lowest BCUT2D eigenvalue weighted by Gasteiger charge is -2.46. The molecule has 0 bridgehead atoms. The van der Waals surface area contributed by atoms with Crippen LogP contribution in [0.2, 0.25) is 0 Å². The first-order chi connectivity index (χ1) is 16.3. The average Bonchev–Trinajstić information content (AvgIpc) is 3.13. The monoisotopic (exact) mass is 466 g/mol. The molecule has 2 atom stereocenters. The maximum Gasteiger partial charge on any atom is 0.407 e. The lowest BCUT2D eigenvalue weighted by molar-refractivity contribution is -0.166. The van der Waals surface area contributed by atoms with Gasteiger partial charge in [-0.3, -0.25) is 4.79 Å². The SMILES string of the molecule is CO[C@H](C)[C@H](NC(=O)OCC1c2ccccc2-c2ccccc21)C(=O)N(C)C1(C(=O)O)CCC1. The molecular weight excluding hydrogens is 436 g/mol. The predicted molar refractivity (Wildman–Crippen MR) is 125 cm³/mol. The number of amides is 2. The number of ether oxygens (including phenoxy) is 2. The third-order valence-corrected chi connectivity index (χ3v) is 7.28. The van der Waals surface area contributed by atoms with E-state index in [0.29, 0.717) is 12.8 Å². The van der Waals surface area contributed by atoms with E-state index in [1.54, 1.807) is 6.92 Å². The van der Waals surface area contributed by atoms with E-state index < -0.39 is 35.7 Å². The molecule has 34 heavy (non-hydrogen) atoms. The van der Waals surface area contributed by atoms with Crippen LogP contribution in [0.4, 0.5) is 4.79 Å². The minimum atomic E-state index is -1.24. The van der Waals surface area contributed by atoms with Crippen LogP contribution >= 0.6 is 0 Å². The molecule has 2 amide bonds. The Kier molecular flexibility index (Phi) is 6.61. The van der Waals surface area contributed by atoms with E-state index >= 15 is 0 Å². The highest BCUT2D eigenvalue weighted by Gasteiger charge is 2.51. The van der Waals surface area contributed by atoms with Crippen LogP contribution in [0.5, 0.6) is 0 Å². The van der Waals surface area contributed by atoms with Crippen LogP contribution in [0.15, 0.2) is 48.5 Å². The van der Waals surface area contributed by atoms with Crippen LogP contribution in [0.25, 0.3) is 11.1 Å². The molecule has 0 unspecified atom stereocenters. The average molecular weight is 467 g/mol. The van der Waals surface area contributed by atoms with Gasteiger partial charge in [-0.05, 0) is 48.4 Å². The first kappa shape index (κ1) is 23.8. The molecule has 8 nitrogen and oxygen atoms in total. The number of rotatable bonds is 8. The van der Waals surface area contributed by atoms with Crippen molar-refractivity contribution >= 4 is 18.0 Å². The van der Waals surface area contributed by atoms with E-state index in [-0.39, 0.29) is 12.5 Å². The zero-order valence-electron chi connectivity index (χ0n) is 19.6. The number of carboxylic acid groups (broad SMARTS) is 1. The zero-order valence-corrected chi connectivity index (χ0v) is 19.6. The van der Waals surface area contributed by atoms with Gasteiger partial charge in [0.25, 0.3) is 0 Å². The van der Waals surface area contributed by atoms with E-state index in [1.165, 1.54) is 19.1 Å². The number of hydrogen-bond donors (Lipinski definition) is 2. The summed E-state index contributed by atoms with van der Waals surface area (Å²) in [5, 5.41) is 12.3. The van der Waals surface area contributed by atoms with Gasteiger partial charge in [-0.1, -0.05) is 48.5 Å². The third-order valence-electron chi connectivity index (χ3n) is 7.28. The van der Waals surface area contributed by atoms with Gasteiger partial charge in [-0.15, -0.1) is 0 Å². The Labute approximate surface area is 198 Å². The predicted octanol–water partition coefficient (Wildman–Crippen LogP) is 3.39. The minimum Gasteiger partial charge on any atom is -0.479 e.